The summed E-state index contributed by atoms with van der Waals surface area (Å²) >= 11 is 0. The number of piperidine rings is 2. The molecule has 12 heterocycles. The Labute approximate surface area is 457 Å². The predicted octanol–water partition coefficient (Wildman–Crippen LogP) is 4.98. The van der Waals surface area contributed by atoms with Crippen molar-refractivity contribution in [2.45, 2.75) is 86.4 Å². The minimum absolute atomic E-state index is 0.156. The molecule has 2 spiro atoms. The van der Waals surface area contributed by atoms with Gasteiger partial charge in [-0.25, -0.2) is 26.8 Å². The summed E-state index contributed by atoms with van der Waals surface area (Å²) < 4.78 is 54.4. The maximum absolute atomic E-state index is 13.2. The second-order valence-corrected chi connectivity index (χ2v) is 25.6. The van der Waals surface area contributed by atoms with Crippen LogP contribution in [0.4, 0.5) is 34.4 Å². The van der Waals surface area contributed by atoms with E-state index in [0.29, 0.717) is 47.2 Å². The highest BCUT2D eigenvalue weighted by molar-refractivity contribution is 7.92. The van der Waals surface area contributed by atoms with Crippen LogP contribution in [0.25, 0.3) is 44.1 Å². The van der Waals surface area contributed by atoms with Crippen LogP contribution < -0.4 is 34.4 Å². The zero-order valence-electron chi connectivity index (χ0n) is 44.4. The molecule has 16 rings (SSSR count). The summed E-state index contributed by atoms with van der Waals surface area (Å²) in [5.74, 6) is 1.64. The van der Waals surface area contributed by atoms with Gasteiger partial charge < -0.3 is 35.1 Å². The van der Waals surface area contributed by atoms with Crippen molar-refractivity contribution < 1.29 is 46.2 Å². The van der Waals surface area contributed by atoms with Crippen LogP contribution in [0.3, 0.4) is 0 Å². The molecule has 6 aromatic rings. The molecule has 2 aliphatic carbocycles. The van der Waals surface area contributed by atoms with Gasteiger partial charge in [0.25, 0.3) is 12.9 Å². The van der Waals surface area contributed by atoms with Crippen molar-refractivity contribution in [3.63, 3.8) is 0 Å². The van der Waals surface area contributed by atoms with Crippen LogP contribution >= 0.6 is 0 Å². The Balaban J connectivity index is 0.000000152. The number of hydrogen-bond acceptors (Lipinski definition) is 16. The van der Waals surface area contributed by atoms with Gasteiger partial charge in [0.2, 0.25) is 31.9 Å². The fourth-order valence-electron chi connectivity index (χ4n) is 13.2. The first-order chi connectivity index (χ1) is 37.7. The van der Waals surface area contributed by atoms with E-state index >= 15 is 0 Å². The number of fused-ring (bicyclic) bond motifs is 12. The first kappa shape index (κ1) is 53.5. The van der Waals surface area contributed by atoms with E-state index in [4.69, 9.17) is 29.8 Å². The summed E-state index contributed by atoms with van der Waals surface area (Å²) in [5, 5.41) is 19.2. The first-order valence-electron chi connectivity index (χ1n) is 26.2. The molecule has 4 atom stereocenters. The number of amides is 2. The first-order valence-corrected chi connectivity index (χ1v) is 30.0. The van der Waals surface area contributed by atoms with E-state index in [-0.39, 0.29) is 24.8 Å². The van der Waals surface area contributed by atoms with Crippen LogP contribution in [-0.4, -0.2) is 161 Å². The molecule has 8 fully saturated rings. The Kier molecular flexibility index (Phi) is 13.5. The summed E-state index contributed by atoms with van der Waals surface area (Å²) in [6.07, 6.45) is 17.4. The highest BCUT2D eigenvalue weighted by Crippen LogP contribution is 2.57. The normalized spacial score (nSPS) is 22.6. The van der Waals surface area contributed by atoms with Crippen molar-refractivity contribution >= 4 is 101 Å². The number of sulfonamides is 2. The number of anilines is 6. The maximum Gasteiger partial charge on any atom is 0.290 e. The minimum atomic E-state index is -3.50. The molecule has 4 aromatic heterocycles. The van der Waals surface area contributed by atoms with Crippen LogP contribution in [0.5, 0.6) is 0 Å². The number of nitrogens with zero attached hydrogens (tertiary/aromatic N) is 9. The van der Waals surface area contributed by atoms with E-state index in [1.165, 1.54) is 12.7 Å². The van der Waals surface area contributed by atoms with E-state index in [1.54, 1.807) is 9.80 Å². The van der Waals surface area contributed by atoms with Crippen molar-refractivity contribution in [1.29, 1.82) is 0 Å². The third kappa shape index (κ3) is 9.30. The van der Waals surface area contributed by atoms with Gasteiger partial charge in [0.05, 0.1) is 69.5 Å². The summed E-state index contributed by atoms with van der Waals surface area (Å²) in [5.41, 5.74) is 9.16. The highest BCUT2D eigenvalue weighted by Gasteiger charge is 2.56. The Bertz CT molecular complexity index is 3690. The standard InChI is InChI=1S/C27H30N6O3S.C26H28N6O3S.2CH2O2/c1-31-18-11-19(31)15-33(14-18)25-22(30-37(3,35)36)10-17(12-29-25)16-5-6-21-20(9-16)24-23(13-28-21)32(2)26(34)27(24)7-4-8-27;1-31-22-12-27-20-5-4-15(8-19(20)23(22)26(25(31)33)6-3-7-26)16-9-21(30-36(2,34)35)24(28-11-16)32-13-17-10-18(14-32)29-17;2*2-1-3/h5-6,9-10,12-13,18-19,30H,4,7-8,11,14-15H2,1-3H3;4-5,8-9,11-12,17-18,29-30H,3,6-7,10,13-14H2,1-2H3;2*1H,(H,2,3). The van der Waals surface area contributed by atoms with Gasteiger partial charge in [0.1, 0.15) is 0 Å². The summed E-state index contributed by atoms with van der Waals surface area (Å²) in [6.45, 7) is 2.77. The van der Waals surface area contributed by atoms with Gasteiger partial charge in [0.15, 0.2) is 11.6 Å². The SMILES string of the molecule is CN1C(=O)C2(CCC2)c2c1cnc1ccc(-c3cnc(N4CC5CC(C4)N5)c(NS(C)(=O)=O)c3)cc21.CN1C(=O)C2(CCC2)c2c1cnc1ccc(-c3cnc(N4CC5CC(C4)N5C)c(NS(C)(=O)=O)c3)cc21.O=CO.O=CO. The molecule has 6 saturated heterocycles. The Morgan fingerprint density at radius 2 is 0.975 bits per heavy atom. The van der Waals surface area contributed by atoms with Crippen LogP contribution in [0.1, 0.15) is 62.5 Å². The van der Waals surface area contributed by atoms with E-state index in [1.807, 2.05) is 75.3 Å². The molecular weight excluding hydrogens is 1050 g/mol. The Hall–Kier alpha value is -7.54. The van der Waals surface area contributed by atoms with Crippen molar-refractivity contribution in [2.24, 2.45) is 0 Å². The largest absolute Gasteiger partial charge is 0.483 e. The third-order valence-electron chi connectivity index (χ3n) is 17.3. The maximum atomic E-state index is 13.2. The van der Waals surface area contributed by atoms with Crippen LogP contribution in [0.15, 0.2) is 73.3 Å². The number of pyridine rings is 4. The second-order valence-electron chi connectivity index (χ2n) is 22.1. The Morgan fingerprint density at radius 3 is 1.33 bits per heavy atom. The van der Waals surface area contributed by atoms with Gasteiger partial charge >= 0.3 is 0 Å². The molecule has 10 aliphatic rings. The predicted molar refractivity (Wildman–Crippen MR) is 302 cm³/mol. The average molecular weight is 1120 g/mol. The zero-order chi connectivity index (χ0) is 55.9. The number of nitrogens with one attached hydrogen (secondary N) is 3. The number of likely N-dealkylation sites (N-methyl/N-ethyl adjacent to an activating group) is 3. The zero-order valence-corrected chi connectivity index (χ0v) is 46.0. The molecule has 5 N–H and O–H groups in total. The minimum Gasteiger partial charge on any atom is -0.483 e. The van der Waals surface area contributed by atoms with Crippen LogP contribution in [0, 0.1) is 0 Å². The number of piperazine rings is 2. The molecule has 8 aliphatic heterocycles. The molecule has 22 nitrogen and oxygen atoms in total. The number of rotatable bonds is 8. The lowest BCUT2D eigenvalue weighted by molar-refractivity contribution is -0.126. The molecule has 2 aromatic carbocycles. The second kappa shape index (κ2) is 20.0. The van der Waals surface area contributed by atoms with Crippen molar-refractivity contribution in [3.05, 3.63) is 84.4 Å². The molecule has 4 unspecified atom stereocenters. The number of carbonyl (C=O) groups excluding carboxylic acids is 2. The molecule has 24 heteroatoms. The van der Waals surface area contributed by atoms with Gasteiger partial charge in [0, 0.05) is 110 Å². The lowest BCUT2D eigenvalue weighted by atomic mass is 9.64. The number of carbonyl (C=O) groups is 4. The van der Waals surface area contributed by atoms with Gasteiger partial charge in [-0.05, 0) is 93.1 Å². The van der Waals surface area contributed by atoms with E-state index < -0.39 is 30.9 Å². The van der Waals surface area contributed by atoms with Gasteiger partial charge in [-0.15, -0.1) is 0 Å². The van der Waals surface area contributed by atoms with E-state index in [0.717, 1.165) is 144 Å². The fourth-order valence-corrected chi connectivity index (χ4v) is 14.3. The lowest BCUT2D eigenvalue weighted by Crippen LogP contribution is -2.67. The Morgan fingerprint density at radius 1 is 0.582 bits per heavy atom. The summed E-state index contributed by atoms with van der Waals surface area (Å²) in [7, 11) is -1.18. The highest BCUT2D eigenvalue weighted by atomic mass is 32.2. The van der Waals surface area contributed by atoms with Gasteiger partial charge in [-0.2, -0.15) is 0 Å². The monoisotopic (exact) mass is 1110 g/mol. The average Bonchev–Trinajstić information content (AvgIpc) is 3.70. The molecule has 414 valence electrons. The van der Waals surface area contributed by atoms with Crippen molar-refractivity contribution in [1.82, 2.24) is 30.2 Å². The fraction of sp³-hybridized carbons (Fsp3) is 0.418. The van der Waals surface area contributed by atoms with Crippen molar-refractivity contribution in [2.75, 3.05) is 88.9 Å². The van der Waals surface area contributed by atoms with E-state index in [2.05, 4.69) is 58.6 Å². The molecule has 4 bridgehead atoms. The van der Waals surface area contributed by atoms with Crippen LogP contribution in [-0.2, 0) is 50.1 Å². The molecule has 0 radical (unpaired) electrons. The van der Waals surface area contributed by atoms with Crippen LogP contribution in [0.2, 0.25) is 0 Å². The topological polar surface area (TPSA) is 281 Å². The smallest absolute Gasteiger partial charge is 0.290 e. The van der Waals surface area contributed by atoms with Crippen molar-refractivity contribution in [3.8, 4) is 22.3 Å². The third-order valence-corrected chi connectivity index (χ3v) is 18.5. The van der Waals surface area contributed by atoms with Gasteiger partial charge in [-0.1, -0.05) is 25.0 Å². The quantitative estimate of drug-likeness (QED) is 0.126. The summed E-state index contributed by atoms with van der Waals surface area (Å²) in [6, 6.07) is 17.6. The number of benzene rings is 2. The van der Waals surface area contributed by atoms with Gasteiger partial charge in [-0.3, -0.25) is 43.5 Å². The number of carboxylic acid groups (broad SMARTS) is 2. The molecule has 79 heavy (non-hydrogen) atoms. The molecule has 2 amide bonds. The summed E-state index contributed by atoms with van der Waals surface area (Å²) in [4.78, 5) is 72.1. The molecule has 2 saturated carbocycles. The van der Waals surface area contributed by atoms with E-state index in [9.17, 15) is 26.4 Å². The number of aromatic nitrogens is 4. The number of hydrogen-bond donors (Lipinski definition) is 5. The molecular formula is C55H62N12O10S2. The lowest BCUT2D eigenvalue weighted by Gasteiger charge is -2.55.